The molecule has 0 saturated carbocycles. The van der Waals surface area contributed by atoms with Gasteiger partial charge >= 0.3 is 0 Å². The van der Waals surface area contributed by atoms with Crippen molar-refractivity contribution in [3.05, 3.63) is 29.3 Å². The van der Waals surface area contributed by atoms with Crippen LogP contribution in [0.5, 0.6) is 0 Å². The molecular weight excluding hydrogens is 477 g/mol. The largest absolute Gasteiger partial charge is 0.374 e. The number of rotatable bonds is 4. The second-order valence-corrected chi connectivity index (χ2v) is 7.28. The Morgan fingerprint density at radius 2 is 1.96 bits per heavy atom. The first kappa shape index (κ1) is 22.5. The predicted octanol–water partition coefficient (Wildman–Crippen LogP) is 2.38. The zero-order valence-electron chi connectivity index (χ0n) is 16.2. The predicted molar refractivity (Wildman–Crippen MR) is 124 cm³/mol. The molecule has 6 nitrogen and oxygen atoms in total. The lowest BCUT2D eigenvalue weighted by molar-refractivity contribution is -0.0137. The molecule has 0 radical (unpaired) electrons. The summed E-state index contributed by atoms with van der Waals surface area (Å²) in [4.78, 5) is 11.8. The number of piperazine rings is 1. The highest BCUT2D eigenvalue weighted by Gasteiger charge is 2.22. The van der Waals surface area contributed by atoms with Gasteiger partial charge in [-0.05, 0) is 26.1 Å². The molecule has 2 heterocycles. The Balaban J connectivity index is 0.00000261. The molecule has 0 aromatic heterocycles. The Morgan fingerprint density at radius 3 is 2.63 bits per heavy atom. The summed E-state index contributed by atoms with van der Waals surface area (Å²) in [7, 11) is 2.14. The molecule has 1 unspecified atom stereocenters. The van der Waals surface area contributed by atoms with Crippen molar-refractivity contribution in [2.24, 2.45) is 4.99 Å². The summed E-state index contributed by atoms with van der Waals surface area (Å²) >= 11 is 6.34. The molecule has 0 spiro atoms. The molecule has 8 heteroatoms. The van der Waals surface area contributed by atoms with Crippen LogP contribution in [0, 0.1) is 0 Å². The average Bonchev–Trinajstić information content (AvgIpc) is 2.66. The van der Waals surface area contributed by atoms with Crippen molar-refractivity contribution in [2.75, 3.05) is 70.9 Å². The van der Waals surface area contributed by atoms with Crippen molar-refractivity contribution in [3.8, 4) is 0 Å². The molecule has 1 atom stereocenters. The van der Waals surface area contributed by atoms with Crippen LogP contribution in [0.4, 0.5) is 5.69 Å². The van der Waals surface area contributed by atoms with Gasteiger partial charge < -0.3 is 24.8 Å². The number of likely N-dealkylation sites (N-methyl/N-ethyl adjacent to an activating group) is 1. The SMILES string of the molecule is CCNC(=NCC1CN(C)CCO1)N1CCN(c2ccccc2Cl)CC1.I. The summed E-state index contributed by atoms with van der Waals surface area (Å²) in [5.74, 6) is 0.989. The molecule has 1 N–H and O–H groups in total. The molecule has 27 heavy (non-hydrogen) atoms. The number of halogens is 2. The topological polar surface area (TPSA) is 43.3 Å². The van der Waals surface area contributed by atoms with Gasteiger partial charge in [-0.25, -0.2) is 0 Å². The number of hydrogen-bond acceptors (Lipinski definition) is 4. The van der Waals surface area contributed by atoms with Crippen molar-refractivity contribution in [1.29, 1.82) is 0 Å². The van der Waals surface area contributed by atoms with Gasteiger partial charge in [0.1, 0.15) is 0 Å². The Bertz CT molecular complexity index is 610. The molecule has 2 aliphatic heterocycles. The monoisotopic (exact) mass is 507 g/mol. The van der Waals surface area contributed by atoms with E-state index in [9.17, 15) is 0 Å². The van der Waals surface area contributed by atoms with Gasteiger partial charge in [0.05, 0.1) is 30.0 Å². The lowest BCUT2D eigenvalue weighted by Crippen LogP contribution is -2.53. The van der Waals surface area contributed by atoms with E-state index in [2.05, 4.69) is 40.1 Å². The van der Waals surface area contributed by atoms with E-state index >= 15 is 0 Å². The van der Waals surface area contributed by atoms with E-state index in [1.807, 2.05) is 18.2 Å². The first-order valence-corrected chi connectivity index (χ1v) is 9.88. The van der Waals surface area contributed by atoms with Crippen LogP contribution < -0.4 is 10.2 Å². The van der Waals surface area contributed by atoms with E-state index in [1.54, 1.807) is 0 Å². The minimum Gasteiger partial charge on any atom is -0.374 e. The van der Waals surface area contributed by atoms with Crippen LogP contribution >= 0.6 is 35.6 Å². The lowest BCUT2D eigenvalue weighted by atomic mass is 10.2. The Labute approximate surface area is 184 Å². The van der Waals surface area contributed by atoms with E-state index in [0.717, 1.165) is 69.1 Å². The highest BCUT2D eigenvalue weighted by molar-refractivity contribution is 14.0. The minimum absolute atomic E-state index is 0. The van der Waals surface area contributed by atoms with Crippen LogP contribution in [0.2, 0.25) is 5.02 Å². The molecule has 152 valence electrons. The van der Waals surface area contributed by atoms with Gasteiger partial charge in [-0.15, -0.1) is 24.0 Å². The second-order valence-electron chi connectivity index (χ2n) is 6.88. The number of para-hydroxylation sites is 1. The first-order chi connectivity index (χ1) is 12.7. The standard InChI is InChI=1S/C19H30ClN5O.HI/c1-3-21-19(22-14-16-15-23(2)12-13-26-16)25-10-8-24(9-11-25)18-7-5-4-6-17(18)20;/h4-7,16H,3,8-15H2,1-2H3,(H,21,22);1H. The zero-order valence-corrected chi connectivity index (χ0v) is 19.3. The van der Waals surface area contributed by atoms with Crippen molar-refractivity contribution in [1.82, 2.24) is 15.1 Å². The lowest BCUT2D eigenvalue weighted by Gasteiger charge is -2.38. The third-order valence-corrected chi connectivity index (χ3v) is 5.21. The summed E-state index contributed by atoms with van der Waals surface area (Å²) in [5, 5.41) is 4.25. The normalized spacial score (nSPS) is 21.7. The smallest absolute Gasteiger partial charge is 0.194 e. The van der Waals surface area contributed by atoms with Gasteiger partial charge in [0.25, 0.3) is 0 Å². The van der Waals surface area contributed by atoms with Crippen LogP contribution in [-0.4, -0.2) is 87.9 Å². The maximum absolute atomic E-state index is 6.34. The Morgan fingerprint density at radius 1 is 1.22 bits per heavy atom. The van der Waals surface area contributed by atoms with Crippen molar-refractivity contribution in [2.45, 2.75) is 13.0 Å². The van der Waals surface area contributed by atoms with Crippen molar-refractivity contribution >= 4 is 47.2 Å². The Hall–Kier alpha value is -0.770. The van der Waals surface area contributed by atoms with Gasteiger partial charge in [0.2, 0.25) is 0 Å². The van der Waals surface area contributed by atoms with Crippen LogP contribution in [0.3, 0.4) is 0 Å². The maximum Gasteiger partial charge on any atom is 0.194 e. The third kappa shape index (κ3) is 6.37. The minimum atomic E-state index is 0. The van der Waals surface area contributed by atoms with E-state index in [4.69, 9.17) is 21.3 Å². The summed E-state index contributed by atoms with van der Waals surface area (Å²) in [6.45, 7) is 10.2. The van der Waals surface area contributed by atoms with Crippen molar-refractivity contribution < 1.29 is 4.74 Å². The summed E-state index contributed by atoms with van der Waals surface area (Å²) in [5.41, 5.74) is 1.12. The van der Waals surface area contributed by atoms with Gasteiger partial charge in [-0.3, -0.25) is 4.99 Å². The van der Waals surface area contributed by atoms with E-state index < -0.39 is 0 Å². The van der Waals surface area contributed by atoms with Gasteiger partial charge in [0, 0.05) is 45.8 Å². The molecule has 1 aromatic carbocycles. The van der Waals surface area contributed by atoms with Gasteiger partial charge in [0.15, 0.2) is 5.96 Å². The number of nitrogens with zero attached hydrogens (tertiary/aromatic N) is 4. The fourth-order valence-corrected chi connectivity index (χ4v) is 3.71. The van der Waals surface area contributed by atoms with E-state index in [-0.39, 0.29) is 30.1 Å². The highest BCUT2D eigenvalue weighted by Crippen LogP contribution is 2.26. The number of benzene rings is 1. The molecule has 0 amide bonds. The summed E-state index contributed by atoms with van der Waals surface area (Å²) in [6, 6.07) is 8.06. The molecular formula is C19H31ClIN5O. The van der Waals surface area contributed by atoms with Crippen LogP contribution in [0.15, 0.2) is 29.3 Å². The quantitative estimate of drug-likeness (QED) is 0.385. The number of hydrogen-bond donors (Lipinski definition) is 1. The van der Waals surface area contributed by atoms with Gasteiger partial charge in [-0.2, -0.15) is 0 Å². The van der Waals surface area contributed by atoms with Gasteiger partial charge in [-0.1, -0.05) is 23.7 Å². The summed E-state index contributed by atoms with van der Waals surface area (Å²) in [6.07, 6.45) is 0.187. The number of morpholine rings is 1. The molecule has 2 fully saturated rings. The van der Waals surface area contributed by atoms with Crippen LogP contribution in [0.25, 0.3) is 0 Å². The number of nitrogens with one attached hydrogen (secondary N) is 1. The van der Waals surface area contributed by atoms with E-state index in [1.165, 1.54) is 0 Å². The van der Waals surface area contributed by atoms with Crippen molar-refractivity contribution in [3.63, 3.8) is 0 Å². The number of ether oxygens (including phenoxy) is 1. The molecule has 0 aliphatic carbocycles. The molecule has 3 rings (SSSR count). The zero-order chi connectivity index (χ0) is 18.4. The Kier molecular flexibility index (Phi) is 9.41. The number of guanidine groups is 1. The summed E-state index contributed by atoms with van der Waals surface area (Å²) < 4.78 is 5.83. The molecule has 2 aliphatic rings. The van der Waals surface area contributed by atoms with Crippen LogP contribution in [-0.2, 0) is 4.74 Å². The molecule has 1 aromatic rings. The first-order valence-electron chi connectivity index (χ1n) is 9.50. The number of anilines is 1. The highest BCUT2D eigenvalue weighted by atomic mass is 127. The molecule has 2 saturated heterocycles. The van der Waals surface area contributed by atoms with Crippen LogP contribution in [0.1, 0.15) is 6.92 Å². The second kappa shape index (κ2) is 11.3. The average molecular weight is 508 g/mol. The maximum atomic E-state index is 6.34. The third-order valence-electron chi connectivity index (χ3n) is 4.89. The fourth-order valence-electron chi connectivity index (χ4n) is 3.46. The fraction of sp³-hybridized carbons (Fsp3) is 0.632. The molecule has 0 bridgehead atoms. The van der Waals surface area contributed by atoms with E-state index in [0.29, 0.717) is 6.54 Å². The number of aliphatic imine (C=N–C) groups is 1.